The Labute approximate surface area is 55.8 Å². The van der Waals surface area contributed by atoms with E-state index in [0.717, 1.165) is 6.54 Å². The fraction of sp³-hybridized carbons (Fsp3) is 0.833. The number of rotatable bonds is 4. The molecule has 0 saturated carbocycles. The predicted octanol–water partition coefficient (Wildman–Crippen LogP) is 2.10. The first-order valence-electron chi connectivity index (χ1n) is 2.96. The topological polar surface area (TPSA) is 12.4 Å². The summed E-state index contributed by atoms with van der Waals surface area (Å²) in [6.45, 7) is 3.08. The second-order valence-corrected chi connectivity index (χ2v) is 1.91. The van der Waals surface area contributed by atoms with Crippen molar-refractivity contribution in [2.24, 2.45) is 4.99 Å². The summed E-state index contributed by atoms with van der Waals surface area (Å²) in [6.07, 6.45) is 4.13. The molecule has 0 rings (SSSR count). The number of nitrogens with zero attached hydrogens (tertiary/aromatic N) is 1. The quantitative estimate of drug-likeness (QED) is 0.317. The van der Waals surface area contributed by atoms with Gasteiger partial charge in [0.25, 0.3) is 0 Å². The zero-order chi connectivity index (χ0) is 6.24. The highest BCUT2D eigenvalue weighted by Gasteiger charge is 1.75. The van der Waals surface area contributed by atoms with Crippen molar-refractivity contribution in [3.8, 4) is 0 Å². The van der Waals surface area contributed by atoms with Crippen molar-refractivity contribution in [3.05, 3.63) is 0 Å². The summed E-state index contributed by atoms with van der Waals surface area (Å²) < 4.78 is 0. The lowest BCUT2D eigenvalue weighted by molar-refractivity contribution is 0.810. The first kappa shape index (κ1) is 7.96. The van der Waals surface area contributed by atoms with Gasteiger partial charge in [0.2, 0.25) is 0 Å². The van der Waals surface area contributed by atoms with Crippen molar-refractivity contribution >= 4 is 17.8 Å². The highest BCUT2D eigenvalue weighted by atomic mass is 35.5. The lowest BCUT2D eigenvalue weighted by Gasteiger charge is -1.85. The Balaban J connectivity index is 2.80. The average molecular weight is 134 g/mol. The first-order valence-corrected chi connectivity index (χ1v) is 3.49. The number of unbranched alkanes of at least 4 members (excludes halogenated alkanes) is 1. The molecule has 0 atom stereocenters. The molecule has 1 nitrogen and oxygen atoms in total. The van der Waals surface area contributed by atoms with Crippen LogP contribution in [0.3, 0.4) is 0 Å². The molecule has 0 aromatic rings. The highest BCUT2D eigenvalue weighted by molar-refractivity contribution is 6.24. The van der Waals surface area contributed by atoms with Crippen LogP contribution in [-0.4, -0.2) is 18.6 Å². The lowest BCUT2D eigenvalue weighted by Crippen LogP contribution is -1.80. The minimum absolute atomic E-state index is 0.545. The molecule has 0 radical (unpaired) electrons. The van der Waals surface area contributed by atoms with E-state index in [1.807, 2.05) is 0 Å². The normalized spacial score (nSPS) is 10.8. The third-order valence-electron chi connectivity index (χ3n) is 0.839. The predicted molar refractivity (Wildman–Crippen MR) is 39.0 cm³/mol. The van der Waals surface area contributed by atoms with E-state index in [1.54, 1.807) is 6.21 Å². The van der Waals surface area contributed by atoms with Crippen LogP contribution in [0.1, 0.15) is 19.8 Å². The van der Waals surface area contributed by atoms with Gasteiger partial charge in [0, 0.05) is 12.8 Å². The van der Waals surface area contributed by atoms with E-state index in [2.05, 4.69) is 11.9 Å². The molecule has 2 heteroatoms. The van der Waals surface area contributed by atoms with Gasteiger partial charge in [-0.2, -0.15) is 0 Å². The number of halogens is 1. The van der Waals surface area contributed by atoms with E-state index < -0.39 is 0 Å². The molecule has 0 fully saturated rings. The van der Waals surface area contributed by atoms with E-state index in [0.29, 0.717) is 5.88 Å². The van der Waals surface area contributed by atoms with E-state index in [4.69, 9.17) is 11.6 Å². The second-order valence-electron chi connectivity index (χ2n) is 1.60. The van der Waals surface area contributed by atoms with Crippen LogP contribution >= 0.6 is 11.6 Å². The zero-order valence-corrected chi connectivity index (χ0v) is 5.99. The van der Waals surface area contributed by atoms with E-state index in [1.165, 1.54) is 12.8 Å². The molecule has 0 heterocycles. The molecule has 0 bridgehead atoms. The Morgan fingerprint density at radius 2 is 2.38 bits per heavy atom. The van der Waals surface area contributed by atoms with Crippen LogP contribution < -0.4 is 0 Å². The van der Waals surface area contributed by atoms with Gasteiger partial charge in [0.1, 0.15) is 0 Å². The SMILES string of the molecule is CCCCN=CCCl. The molecule has 0 N–H and O–H groups in total. The van der Waals surface area contributed by atoms with Crippen molar-refractivity contribution in [2.45, 2.75) is 19.8 Å². The summed E-state index contributed by atoms with van der Waals surface area (Å²) in [6, 6.07) is 0. The maximum atomic E-state index is 5.33. The molecule has 0 aliphatic carbocycles. The maximum absolute atomic E-state index is 5.33. The maximum Gasteiger partial charge on any atom is 0.0573 e. The van der Waals surface area contributed by atoms with E-state index in [-0.39, 0.29) is 0 Å². The molecule has 0 spiro atoms. The van der Waals surface area contributed by atoms with Gasteiger partial charge >= 0.3 is 0 Å². The van der Waals surface area contributed by atoms with E-state index in [9.17, 15) is 0 Å². The zero-order valence-electron chi connectivity index (χ0n) is 5.23. The molecule has 0 aromatic heterocycles. The molecule has 8 heavy (non-hydrogen) atoms. The largest absolute Gasteiger partial charge is 0.296 e. The molecule has 0 unspecified atom stereocenters. The lowest BCUT2D eigenvalue weighted by atomic mass is 10.3. The van der Waals surface area contributed by atoms with Gasteiger partial charge in [0.05, 0.1) is 5.88 Å². The van der Waals surface area contributed by atoms with Gasteiger partial charge in [0.15, 0.2) is 0 Å². The van der Waals surface area contributed by atoms with Gasteiger partial charge in [-0.15, -0.1) is 11.6 Å². The third kappa shape index (κ3) is 5.96. The van der Waals surface area contributed by atoms with Gasteiger partial charge in [-0.05, 0) is 6.42 Å². The van der Waals surface area contributed by atoms with Gasteiger partial charge < -0.3 is 0 Å². The molecule has 0 aromatic carbocycles. The Bertz CT molecular complexity index is 61.5. The van der Waals surface area contributed by atoms with Gasteiger partial charge in [-0.3, -0.25) is 4.99 Å². The fourth-order valence-corrected chi connectivity index (χ4v) is 0.487. The van der Waals surface area contributed by atoms with Crippen LogP contribution in [0.2, 0.25) is 0 Å². The molecule has 0 aliphatic rings. The molecule has 0 saturated heterocycles. The van der Waals surface area contributed by atoms with Crippen molar-refractivity contribution in [3.63, 3.8) is 0 Å². The summed E-state index contributed by atoms with van der Waals surface area (Å²) >= 11 is 5.33. The third-order valence-corrected chi connectivity index (χ3v) is 0.977. The molecule has 48 valence electrons. The van der Waals surface area contributed by atoms with Crippen molar-refractivity contribution in [2.75, 3.05) is 12.4 Å². The Morgan fingerprint density at radius 1 is 1.62 bits per heavy atom. The van der Waals surface area contributed by atoms with Crippen LogP contribution in [0.4, 0.5) is 0 Å². The number of hydrogen-bond acceptors (Lipinski definition) is 1. The van der Waals surface area contributed by atoms with Crippen molar-refractivity contribution in [1.29, 1.82) is 0 Å². The Morgan fingerprint density at radius 3 is 2.88 bits per heavy atom. The van der Waals surface area contributed by atoms with Crippen LogP contribution in [0.5, 0.6) is 0 Å². The van der Waals surface area contributed by atoms with Crippen molar-refractivity contribution < 1.29 is 0 Å². The minimum atomic E-state index is 0.545. The van der Waals surface area contributed by atoms with Crippen molar-refractivity contribution in [1.82, 2.24) is 0 Å². The fourth-order valence-electron chi connectivity index (χ4n) is 0.389. The average Bonchev–Trinajstić information content (AvgIpc) is 1.81. The Kier molecular flexibility index (Phi) is 6.93. The van der Waals surface area contributed by atoms with Crippen LogP contribution in [0, 0.1) is 0 Å². The van der Waals surface area contributed by atoms with Crippen LogP contribution in [-0.2, 0) is 0 Å². The van der Waals surface area contributed by atoms with Crippen LogP contribution in [0.15, 0.2) is 4.99 Å². The summed E-state index contributed by atoms with van der Waals surface area (Å²) in [5.41, 5.74) is 0. The summed E-state index contributed by atoms with van der Waals surface area (Å²) in [5, 5.41) is 0. The molecular weight excluding hydrogens is 122 g/mol. The number of aliphatic imine (C=N–C) groups is 1. The highest BCUT2D eigenvalue weighted by Crippen LogP contribution is 1.85. The van der Waals surface area contributed by atoms with Gasteiger partial charge in [-0.1, -0.05) is 13.3 Å². The number of alkyl halides is 1. The molecule has 0 aliphatic heterocycles. The van der Waals surface area contributed by atoms with E-state index >= 15 is 0 Å². The van der Waals surface area contributed by atoms with Crippen LogP contribution in [0.25, 0.3) is 0 Å². The Hall–Kier alpha value is -0.0400. The summed E-state index contributed by atoms with van der Waals surface area (Å²) in [5.74, 6) is 0.545. The summed E-state index contributed by atoms with van der Waals surface area (Å²) in [4.78, 5) is 4.02. The number of hydrogen-bond donors (Lipinski definition) is 0. The molecule has 0 amide bonds. The monoisotopic (exact) mass is 133 g/mol. The molecular formula is C6H12ClN. The standard InChI is InChI=1S/C6H12ClN/c1-2-3-5-8-6-4-7/h6H,2-5H2,1H3. The first-order chi connectivity index (χ1) is 3.91. The van der Waals surface area contributed by atoms with Gasteiger partial charge in [-0.25, -0.2) is 0 Å². The smallest absolute Gasteiger partial charge is 0.0573 e. The minimum Gasteiger partial charge on any atom is -0.296 e. The second kappa shape index (κ2) is 6.96. The summed E-state index contributed by atoms with van der Waals surface area (Å²) in [7, 11) is 0.